The van der Waals surface area contributed by atoms with Crippen LogP contribution in [-0.4, -0.2) is 17.7 Å². The van der Waals surface area contributed by atoms with Crippen molar-refractivity contribution in [2.75, 3.05) is 0 Å². The molecule has 0 bridgehead atoms. The van der Waals surface area contributed by atoms with E-state index in [-0.39, 0.29) is 17.8 Å². The van der Waals surface area contributed by atoms with E-state index in [2.05, 4.69) is 5.32 Å². The van der Waals surface area contributed by atoms with Crippen molar-refractivity contribution in [3.63, 3.8) is 0 Å². The highest BCUT2D eigenvalue weighted by molar-refractivity contribution is 5.95. The third-order valence-electron chi connectivity index (χ3n) is 4.09. The highest BCUT2D eigenvalue weighted by Crippen LogP contribution is 2.28. The van der Waals surface area contributed by atoms with Gasteiger partial charge in [-0.15, -0.1) is 0 Å². The molecule has 0 unspecified atom stereocenters. The van der Waals surface area contributed by atoms with E-state index in [0.29, 0.717) is 0 Å². The summed E-state index contributed by atoms with van der Waals surface area (Å²) in [6.07, 6.45) is -0.197. The van der Waals surface area contributed by atoms with Crippen molar-refractivity contribution in [2.45, 2.75) is 39.2 Å². The number of hydrogen-bond acceptors (Lipinski definition) is 2. The molecule has 0 heterocycles. The maximum absolute atomic E-state index is 13.2. The Morgan fingerprint density at radius 2 is 1.58 bits per heavy atom. The fraction of sp³-hybridized carbons (Fsp3) is 0.286. The first kappa shape index (κ1) is 19.8. The molecule has 0 saturated heterocycles. The number of carbonyl (C=O) groups excluding carboxylic acids is 2. The molecular weight excluding hydrogens is 336 g/mol. The first-order valence-electron chi connectivity index (χ1n) is 8.41. The molecule has 0 aliphatic rings. The van der Waals surface area contributed by atoms with Gasteiger partial charge in [-0.2, -0.15) is 0 Å². The Bertz CT molecular complexity index is 755. The lowest BCUT2D eigenvalue weighted by atomic mass is 9.82. The summed E-state index contributed by atoms with van der Waals surface area (Å²) in [5.41, 5.74) is 1.09. The third kappa shape index (κ3) is 5.22. The molecule has 0 spiro atoms. The smallest absolute Gasteiger partial charge is 0.224 e. The molecule has 2 atom stereocenters. The normalized spacial score (nSPS) is 13.3. The summed E-state index contributed by atoms with van der Waals surface area (Å²) in [6, 6.07) is 11.6. The molecule has 0 aromatic heterocycles. The molecule has 3 nitrogen and oxygen atoms in total. The van der Waals surface area contributed by atoms with E-state index in [0.717, 1.165) is 29.7 Å². The first-order chi connectivity index (χ1) is 12.3. The first-order valence-corrected chi connectivity index (χ1v) is 8.41. The Balaban J connectivity index is 2.06. The standard InChI is InChI=1S/C21H22F2NO2/c1-13(2)20(16-7-5-4-6-8-16)21(26)14(3)24-19(25)11-15-9-17(22)12-18(23)10-15/h4-10,12,14,20H,11H2,1-3H3,(H,24,25)/t14-,20-/m0/s1. The van der Waals surface area contributed by atoms with Crippen LogP contribution in [0.15, 0.2) is 48.5 Å². The number of Topliss-reactive ketones (excluding diaryl/α,β-unsaturated/α-hetero) is 1. The molecule has 2 aromatic carbocycles. The zero-order valence-electron chi connectivity index (χ0n) is 15.1. The number of ketones is 1. The molecule has 2 rings (SSSR count). The third-order valence-corrected chi connectivity index (χ3v) is 4.09. The Morgan fingerprint density at radius 1 is 1.00 bits per heavy atom. The predicted octanol–water partition coefficient (Wildman–Crippen LogP) is 3.98. The van der Waals surface area contributed by atoms with Gasteiger partial charge in [0, 0.05) is 6.07 Å². The second kappa shape index (κ2) is 8.70. The van der Waals surface area contributed by atoms with Crippen LogP contribution in [0.5, 0.6) is 0 Å². The molecule has 0 fully saturated rings. The molecule has 1 N–H and O–H groups in total. The van der Waals surface area contributed by atoms with Crippen molar-refractivity contribution >= 4 is 11.7 Å². The average molecular weight is 358 g/mol. The summed E-state index contributed by atoms with van der Waals surface area (Å²) in [6.45, 7) is 5.37. The Kier molecular flexibility index (Phi) is 6.61. The van der Waals surface area contributed by atoms with E-state index in [9.17, 15) is 18.4 Å². The lowest BCUT2D eigenvalue weighted by molar-refractivity contribution is -0.127. The molecule has 137 valence electrons. The number of halogens is 2. The van der Waals surface area contributed by atoms with Crippen molar-refractivity contribution in [3.8, 4) is 0 Å². The Hall–Kier alpha value is -2.56. The molecule has 1 amide bonds. The fourth-order valence-corrected chi connectivity index (χ4v) is 2.94. The van der Waals surface area contributed by atoms with Gasteiger partial charge in [-0.25, -0.2) is 8.78 Å². The van der Waals surface area contributed by atoms with Gasteiger partial charge in [0.25, 0.3) is 0 Å². The molecule has 2 aromatic rings. The number of carbonyl (C=O) groups is 2. The van der Waals surface area contributed by atoms with Gasteiger partial charge < -0.3 is 5.32 Å². The maximum Gasteiger partial charge on any atom is 0.224 e. The van der Waals surface area contributed by atoms with Gasteiger partial charge in [-0.3, -0.25) is 9.59 Å². The SMILES string of the molecule is C[C](C)[C@H](C(=O)[C@H](C)NC(=O)Cc1cc(F)cc(F)c1)c1ccccc1. The van der Waals surface area contributed by atoms with Gasteiger partial charge >= 0.3 is 0 Å². The zero-order chi connectivity index (χ0) is 19.3. The number of amides is 1. The van der Waals surface area contributed by atoms with E-state index in [1.54, 1.807) is 6.92 Å². The van der Waals surface area contributed by atoms with E-state index >= 15 is 0 Å². The van der Waals surface area contributed by atoms with Crippen molar-refractivity contribution in [2.24, 2.45) is 0 Å². The quantitative estimate of drug-likeness (QED) is 0.814. The van der Waals surface area contributed by atoms with Crippen LogP contribution in [0.1, 0.15) is 37.8 Å². The van der Waals surface area contributed by atoms with Gasteiger partial charge in [0.05, 0.1) is 18.4 Å². The highest BCUT2D eigenvalue weighted by atomic mass is 19.1. The van der Waals surface area contributed by atoms with Crippen LogP contribution in [-0.2, 0) is 16.0 Å². The molecule has 26 heavy (non-hydrogen) atoms. The summed E-state index contributed by atoms with van der Waals surface area (Å²) < 4.78 is 26.4. The highest BCUT2D eigenvalue weighted by Gasteiger charge is 2.29. The topological polar surface area (TPSA) is 46.2 Å². The Morgan fingerprint density at radius 3 is 2.12 bits per heavy atom. The van der Waals surface area contributed by atoms with Gasteiger partial charge in [0.1, 0.15) is 11.6 Å². The van der Waals surface area contributed by atoms with Crippen LogP contribution in [0, 0.1) is 17.6 Å². The monoisotopic (exact) mass is 358 g/mol. The summed E-state index contributed by atoms with van der Waals surface area (Å²) in [5, 5.41) is 2.63. The van der Waals surface area contributed by atoms with E-state index in [1.807, 2.05) is 44.2 Å². The molecule has 1 radical (unpaired) electrons. The van der Waals surface area contributed by atoms with Gasteiger partial charge in [0.15, 0.2) is 5.78 Å². The van der Waals surface area contributed by atoms with Crippen LogP contribution in [0.2, 0.25) is 0 Å². The lowest BCUT2D eigenvalue weighted by Gasteiger charge is -2.24. The number of nitrogens with one attached hydrogen (secondary N) is 1. The van der Waals surface area contributed by atoms with Gasteiger partial charge in [0.2, 0.25) is 5.91 Å². The molecule has 0 aliphatic carbocycles. The van der Waals surface area contributed by atoms with Crippen LogP contribution in [0.4, 0.5) is 8.78 Å². The van der Waals surface area contributed by atoms with Crippen molar-refractivity contribution in [1.29, 1.82) is 0 Å². The molecule has 0 aliphatic heterocycles. The van der Waals surface area contributed by atoms with Crippen LogP contribution in [0.25, 0.3) is 0 Å². The maximum atomic E-state index is 13.2. The van der Waals surface area contributed by atoms with Crippen LogP contribution in [0.3, 0.4) is 0 Å². The lowest BCUT2D eigenvalue weighted by Crippen LogP contribution is -2.42. The minimum Gasteiger partial charge on any atom is -0.346 e. The minimum absolute atomic E-state index is 0.130. The van der Waals surface area contributed by atoms with E-state index in [4.69, 9.17) is 0 Å². The summed E-state index contributed by atoms with van der Waals surface area (Å²) in [4.78, 5) is 25.0. The largest absolute Gasteiger partial charge is 0.346 e. The summed E-state index contributed by atoms with van der Waals surface area (Å²) in [5.74, 6) is -1.56. The molecule has 5 heteroatoms. The fourth-order valence-electron chi connectivity index (χ4n) is 2.94. The van der Waals surface area contributed by atoms with Gasteiger partial charge in [-0.05, 0) is 36.1 Å². The predicted molar refractivity (Wildman–Crippen MR) is 96.4 cm³/mol. The second-order valence-corrected chi connectivity index (χ2v) is 6.57. The Labute approximate surface area is 152 Å². The van der Waals surface area contributed by atoms with Crippen LogP contribution < -0.4 is 5.32 Å². The number of hydrogen-bond donors (Lipinski definition) is 1. The molecular formula is C21H22F2NO2. The summed E-state index contributed by atoms with van der Waals surface area (Å²) in [7, 11) is 0. The van der Waals surface area contributed by atoms with Crippen molar-refractivity contribution < 1.29 is 18.4 Å². The molecule has 0 saturated carbocycles. The number of rotatable bonds is 7. The van der Waals surface area contributed by atoms with E-state index in [1.165, 1.54) is 0 Å². The summed E-state index contributed by atoms with van der Waals surface area (Å²) >= 11 is 0. The average Bonchev–Trinajstić information content (AvgIpc) is 2.54. The van der Waals surface area contributed by atoms with Crippen LogP contribution >= 0.6 is 0 Å². The number of benzene rings is 2. The van der Waals surface area contributed by atoms with Crippen molar-refractivity contribution in [3.05, 3.63) is 77.2 Å². The minimum atomic E-state index is -0.739. The van der Waals surface area contributed by atoms with Crippen molar-refractivity contribution in [1.82, 2.24) is 5.32 Å². The van der Waals surface area contributed by atoms with E-state index < -0.39 is 29.5 Å². The second-order valence-electron chi connectivity index (χ2n) is 6.57. The zero-order valence-corrected chi connectivity index (χ0v) is 15.1. The van der Waals surface area contributed by atoms with Gasteiger partial charge in [-0.1, -0.05) is 44.2 Å².